The third-order valence-electron chi connectivity index (χ3n) is 9.78. The SMILES string of the molecule is C/C=C(/C)[C@H]1CCC[C@@H]2[C@@H]1CCC1[C@H]3CCC4(CC4)C[C@@H]3CC[C@H]12. The Morgan fingerprint density at radius 2 is 1.46 bits per heavy atom. The Hall–Kier alpha value is -0.260. The van der Waals surface area contributed by atoms with Gasteiger partial charge in [0, 0.05) is 0 Å². The van der Waals surface area contributed by atoms with Crippen molar-refractivity contribution in [2.45, 2.75) is 90.9 Å². The molecule has 0 N–H and O–H groups in total. The Kier molecular flexibility index (Phi) is 3.91. The van der Waals surface area contributed by atoms with Gasteiger partial charge in [-0.15, -0.1) is 0 Å². The minimum Gasteiger partial charge on any atom is -0.0884 e. The molecule has 24 heavy (non-hydrogen) atoms. The van der Waals surface area contributed by atoms with Crippen LogP contribution in [0.25, 0.3) is 0 Å². The maximum atomic E-state index is 2.42. The summed E-state index contributed by atoms with van der Waals surface area (Å²) in [6, 6.07) is 0. The van der Waals surface area contributed by atoms with Crippen molar-refractivity contribution in [2.24, 2.45) is 46.8 Å². The first-order chi connectivity index (χ1) is 11.7. The van der Waals surface area contributed by atoms with E-state index in [-0.39, 0.29) is 0 Å². The molecule has 1 spiro atoms. The lowest BCUT2D eigenvalue weighted by Gasteiger charge is -2.56. The monoisotopic (exact) mass is 326 g/mol. The summed E-state index contributed by atoms with van der Waals surface area (Å²) >= 11 is 0. The highest BCUT2D eigenvalue weighted by Gasteiger charge is 2.55. The summed E-state index contributed by atoms with van der Waals surface area (Å²) in [5, 5.41) is 0. The molecule has 5 saturated carbocycles. The molecular weight excluding hydrogens is 288 g/mol. The predicted octanol–water partition coefficient (Wildman–Crippen LogP) is 7.00. The molecule has 0 heterocycles. The summed E-state index contributed by atoms with van der Waals surface area (Å²) in [6.45, 7) is 4.69. The molecule has 5 rings (SSSR count). The van der Waals surface area contributed by atoms with Gasteiger partial charge in [0.25, 0.3) is 0 Å². The van der Waals surface area contributed by atoms with Gasteiger partial charge in [0.1, 0.15) is 0 Å². The number of hydrogen-bond donors (Lipinski definition) is 0. The molecule has 0 aromatic carbocycles. The molecule has 0 heteroatoms. The van der Waals surface area contributed by atoms with Gasteiger partial charge < -0.3 is 0 Å². The van der Waals surface area contributed by atoms with Gasteiger partial charge in [0.15, 0.2) is 0 Å². The van der Waals surface area contributed by atoms with E-state index in [1.165, 1.54) is 12.8 Å². The van der Waals surface area contributed by atoms with Gasteiger partial charge in [0.05, 0.1) is 0 Å². The van der Waals surface area contributed by atoms with Gasteiger partial charge in [0.2, 0.25) is 0 Å². The van der Waals surface area contributed by atoms with Crippen LogP contribution in [0.3, 0.4) is 0 Å². The van der Waals surface area contributed by atoms with Crippen molar-refractivity contribution in [1.29, 1.82) is 0 Å². The third kappa shape index (κ3) is 2.45. The Labute approximate surface area is 149 Å². The van der Waals surface area contributed by atoms with Crippen molar-refractivity contribution in [3.05, 3.63) is 11.6 Å². The fourth-order valence-corrected chi connectivity index (χ4v) is 8.34. The Morgan fingerprint density at radius 3 is 2.25 bits per heavy atom. The van der Waals surface area contributed by atoms with Gasteiger partial charge >= 0.3 is 0 Å². The van der Waals surface area contributed by atoms with Gasteiger partial charge in [-0.25, -0.2) is 0 Å². The maximum Gasteiger partial charge on any atom is -0.0175 e. The first-order valence-electron chi connectivity index (χ1n) is 11.3. The molecule has 0 bridgehead atoms. The van der Waals surface area contributed by atoms with Crippen LogP contribution in [0.2, 0.25) is 0 Å². The van der Waals surface area contributed by atoms with Crippen molar-refractivity contribution in [2.75, 3.05) is 0 Å². The first kappa shape index (κ1) is 16.0. The summed E-state index contributed by atoms with van der Waals surface area (Å²) in [4.78, 5) is 0. The third-order valence-corrected chi connectivity index (χ3v) is 9.78. The lowest BCUT2D eigenvalue weighted by molar-refractivity contribution is -0.0615. The predicted molar refractivity (Wildman–Crippen MR) is 102 cm³/mol. The van der Waals surface area contributed by atoms with E-state index in [1.54, 1.807) is 69.8 Å². The smallest absolute Gasteiger partial charge is 0.0175 e. The van der Waals surface area contributed by atoms with Gasteiger partial charge in [-0.3, -0.25) is 0 Å². The molecule has 5 aliphatic rings. The molecule has 0 radical (unpaired) electrons. The fourth-order valence-electron chi connectivity index (χ4n) is 8.34. The van der Waals surface area contributed by atoms with Crippen molar-refractivity contribution in [1.82, 2.24) is 0 Å². The molecule has 0 saturated heterocycles. The Bertz CT molecular complexity index is 510. The lowest BCUT2D eigenvalue weighted by Crippen LogP contribution is -2.48. The number of fused-ring (bicyclic) bond motifs is 5. The normalized spacial score (nSPS) is 49.9. The highest BCUT2D eigenvalue weighted by molar-refractivity contribution is 5.10. The second kappa shape index (κ2) is 5.88. The second-order valence-electron chi connectivity index (χ2n) is 10.5. The van der Waals surface area contributed by atoms with Crippen molar-refractivity contribution in [3.63, 3.8) is 0 Å². The summed E-state index contributed by atoms with van der Waals surface area (Å²) in [6.07, 6.45) is 21.4. The topological polar surface area (TPSA) is 0 Å². The van der Waals surface area contributed by atoms with Gasteiger partial charge in [-0.1, -0.05) is 18.1 Å². The minimum atomic E-state index is 0.879. The van der Waals surface area contributed by atoms with Crippen LogP contribution >= 0.6 is 0 Å². The van der Waals surface area contributed by atoms with Crippen molar-refractivity contribution < 1.29 is 0 Å². The molecule has 134 valence electrons. The van der Waals surface area contributed by atoms with Crippen LogP contribution < -0.4 is 0 Å². The summed E-state index contributed by atoms with van der Waals surface area (Å²) in [5.41, 5.74) is 2.59. The van der Waals surface area contributed by atoms with E-state index in [0.717, 1.165) is 46.8 Å². The van der Waals surface area contributed by atoms with Crippen LogP contribution in [0.1, 0.15) is 90.9 Å². The quantitative estimate of drug-likeness (QED) is 0.455. The van der Waals surface area contributed by atoms with Crippen LogP contribution in [-0.2, 0) is 0 Å². The summed E-state index contributed by atoms with van der Waals surface area (Å²) in [7, 11) is 0. The number of allylic oxidation sites excluding steroid dienone is 2. The highest BCUT2D eigenvalue weighted by atomic mass is 14.6. The van der Waals surface area contributed by atoms with Gasteiger partial charge in [-0.05, 0) is 131 Å². The highest BCUT2D eigenvalue weighted by Crippen LogP contribution is 2.65. The van der Waals surface area contributed by atoms with E-state index < -0.39 is 0 Å². The van der Waals surface area contributed by atoms with Crippen molar-refractivity contribution in [3.8, 4) is 0 Å². The first-order valence-corrected chi connectivity index (χ1v) is 11.3. The Morgan fingerprint density at radius 1 is 0.750 bits per heavy atom. The van der Waals surface area contributed by atoms with E-state index in [1.807, 2.05) is 0 Å². The van der Waals surface area contributed by atoms with Crippen LogP contribution in [0.5, 0.6) is 0 Å². The molecule has 5 aliphatic carbocycles. The largest absolute Gasteiger partial charge is 0.0884 e. The van der Waals surface area contributed by atoms with Crippen LogP contribution in [-0.4, -0.2) is 0 Å². The zero-order valence-electron chi connectivity index (χ0n) is 16.1. The number of hydrogen-bond acceptors (Lipinski definition) is 0. The van der Waals surface area contributed by atoms with E-state index in [9.17, 15) is 0 Å². The van der Waals surface area contributed by atoms with Crippen LogP contribution in [0.4, 0.5) is 0 Å². The average molecular weight is 327 g/mol. The minimum absolute atomic E-state index is 0.879. The van der Waals surface area contributed by atoms with Crippen LogP contribution in [0.15, 0.2) is 11.6 Å². The molecule has 7 atom stereocenters. The second-order valence-corrected chi connectivity index (χ2v) is 10.5. The zero-order chi connectivity index (χ0) is 16.3. The molecule has 0 amide bonds. The molecule has 0 aromatic rings. The molecule has 1 unspecified atom stereocenters. The maximum absolute atomic E-state index is 2.42. The van der Waals surface area contributed by atoms with Gasteiger partial charge in [-0.2, -0.15) is 0 Å². The lowest BCUT2D eigenvalue weighted by atomic mass is 9.49. The fraction of sp³-hybridized carbons (Fsp3) is 0.917. The van der Waals surface area contributed by atoms with Crippen molar-refractivity contribution >= 4 is 0 Å². The zero-order valence-corrected chi connectivity index (χ0v) is 16.1. The van der Waals surface area contributed by atoms with E-state index in [2.05, 4.69) is 19.9 Å². The molecule has 0 aromatic heterocycles. The standard InChI is InChI=1S/C24H38/c1-3-16(2)18-5-4-6-20-21(18)9-10-22-19-11-12-24(13-14-24)15-17(19)7-8-23(20)22/h3,17-23H,4-15H2,1-2H3/b16-3-/t17-,18+,19-,20+,21+,22?,23-/m0/s1. The average Bonchev–Trinajstić information content (AvgIpc) is 3.38. The molecular formula is C24H38. The van der Waals surface area contributed by atoms with E-state index >= 15 is 0 Å². The summed E-state index contributed by atoms with van der Waals surface area (Å²) in [5.74, 6) is 7.60. The Balaban J connectivity index is 1.35. The molecule has 5 fully saturated rings. The number of rotatable bonds is 1. The van der Waals surface area contributed by atoms with E-state index in [0.29, 0.717) is 0 Å². The van der Waals surface area contributed by atoms with Crippen LogP contribution in [0, 0.1) is 46.8 Å². The molecule has 0 nitrogen and oxygen atoms in total. The van der Waals surface area contributed by atoms with E-state index in [4.69, 9.17) is 0 Å². The summed E-state index contributed by atoms with van der Waals surface area (Å²) < 4.78 is 0. The molecule has 0 aliphatic heterocycles.